The normalized spacial score (nSPS) is 10.2. The van der Waals surface area contributed by atoms with E-state index >= 15 is 0 Å². The maximum Gasteiger partial charge on any atom is 0.222 e. The summed E-state index contributed by atoms with van der Waals surface area (Å²) in [6.45, 7) is 20.3. The van der Waals surface area contributed by atoms with Crippen LogP contribution in [-0.2, 0) is 32.3 Å². The van der Waals surface area contributed by atoms with Crippen molar-refractivity contribution in [3.63, 3.8) is 0 Å². The maximum atomic E-state index is 11.0. The first-order valence-electron chi connectivity index (χ1n) is 18.1. The molecule has 0 aliphatic carbocycles. The van der Waals surface area contributed by atoms with Crippen LogP contribution in [0.25, 0.3) is 0 Å². The molecule has 4 rings (SSSR count). The Hall–Kier alpha value is -6.19. The number of pyridine rings is 3. The van der Waals surface area contributed by atoms with Gasteiger partial charge >= 0.3 is 0 Å². The lowest BCUT2D eigenvalue weighted by atomic mass is 10.1. The number of nitrogens with zero attached hydrogens (tertiary/aromatic N) is 5. The van der Waals surface area contributed by atoms with Gasteiger partial charge in [-0.05, 0) is 86.6 Å². The van der Waals surface area contributed by atoms with Crippen molar-refractivity contribution in [2.75, 3.05) is 40.9 Å². The van der Waals surface area contributed by atoms with Gasteiger partial charge in [-0.2, -0.15) is 0 Å². The molecule has 300 valence electrons. The predicted octanol–water partition coefficient (Wildman–Crippen LogP) is 6.10. The van der Waals surface area contributed by atoms with Crippen molar-refractivity contribution < 1.29 is 24.0 Å². The molecule has 0 spiro atoms. The number of carbonyl (C=O) groups excluding carboxylic acids is 5. The molecule has 0 atom stereocenters. The molecule has 0 fully saturated rings. The number of benzene rings is 1. The van der Waals surface area contributed by atoms with Crippen LogP contribution in [0.4, 0.5) is 23.1 Å². The number of rotatable bonds is 12. The van der Waals surface area contributed by atoms with E-state index in [0.29, 0.717) is 36.1 Å². The number of carbonyl (C=O) groups is 5. The molecule has 1 aromatic carbocycles. The molecule has 0 aliphatic rings. The summed E-state index contributed by atoms with van der Waals surface area (Å²) in [5, 5.41) is 10.4. The molecule has 6 N–H and O–H groups in total. The standard InChI is InChI=1S/C18H20N4O2.C9H10N2O2.C8H11N3O.C6H15N/c1-12(16-5-7-17(8-6-16)21-13(2)23)19-10-15-4-9-18(20-11-15)22-14(3)24;1-6(12)8-3-4-9(10-5-8)11-7(2)13;1-6(12)11-8-3-2-7(4-9)5-10-8;1-4-7(5-2)6-3/h4-9,11H,10H2,1-3H3,(H,21,23)(H,20,22,24);3-5H,1-2H3,(H,10,11,13);2-3,5H,4,9H2,1H3,(H,10,11,12);4-6H2,1-3H3. The van der Waals surface area contributed by atoms with Gasteiger partial charge < -0.3 is 31.9 Å². The predicted molar refractivity (Wildman–Crippen MR) is 224 cm³/mol. The minimum atomic E-state index is -0.178. The monoisotopic (exact) mass is 768 g/mol. The van der Waals surface area contributed by atoms with Crippen LogP contribution in [0.1, 0.15) is 89.4 Å². The molecule has 4 amide bonds. The SMILES string of the molecule is CC(=O)Nc1ccc(C(C)=NCc2ccc(NC(C)=O)nc2)cc1.CC(=O)Nc1ccc(C(C)=O)cn1.CC(=O)Nc1ccc(CN)cn1.CCN(CC)CC. The Balaban J connectivity index is 0.000000414. The zero-order valence-electron chi connectivity index (χ0n) is 33.9. The summed E-state index contributed by atoms with van der Waals surface area (Å²) in [5.41, 5.74) is 10.5. The van der Waals surface area contributed by atoms with E-state index in [-0.39, 0.29) is 29.4 Å². The highest BCUT2D eigenvalue weighted by Gasteiger charge is 2.03. The lowest BCUT2D eigenvalue weighted by molar-refractivity contribution is -0.115. The lowest BCUT2D eigenvalue weighted by Crippen LogP contribution is -2.21. The van der Waals surface area contributed by atoms with Crippen molar-refractivity contribution in [2.45, 2.75) is 75.4 Å². The van der Waals surface area contributed by atoms with E-state index in [1.165, 1.54) is 60.4 Å². The summed E-state index contributed by atoms with van der Waals surface area (Å²) in [6.07, 6.45) is 4.78. The van der Waals surface area contributed by atoms with Crippen LogP contribution in [0.5, 0.6) is 0 Å². The number of Topliss-reactive ketones (excluding diaryl/α,β-unsaturated/α-hetero) is 1. The van der Waals surface area contributed by atoms with Gasteiger partial charge in [0, 0.05) is 69.8 Å². The molecule has 15 nitrogen and oxygen atoms in total. The van der Waals surface area contributed by atoms with Crippen LogP contribution >= 0.6 is 0 Å². The first-order chi connectivity index (χ1) is 26.6. The highest BCUT2D eigenvalue weighted by atomic mass is 16.2. The molecular formula is C41H56N10O5. The molecule has 0 saturated carbocycles. The largest absolute Gasteiger partial charge is 0.326 e. The topological polar surface area (TPSA) is 214 Å². The van der Waals surface area contributed by atoms with Crippen molar-refractivity contribution in [3.8, 4) is 0 Å². The Morgan fingerprint density at radius 1 is 0.554 bits per heavy atom. The van der Waals surface area contributed by atoms with Crippen LogP contribution in [0.15, 0.2) is 84.2 Å². The van der Waals surface area contributed by atoms with E-state index in [1.54, 1.807) is 36.7 Å². The Labute approximate surface area is 330 Å². The minimum Gasteiger partial charge on any atom is -0.326 e. The Kier molecular flexibility index (Phi) is 22.7. The average molecular weight is 769 g/mol. The summed E-state index contributed by atoms with van der Waals surface area (Å²) in [7, 11) is 0. The molecule has 56 heavy (non-hydrogen) atoms. The van der Waals surface area contributed by atoms with E-state index < -0.39 is 0 Å². The van der Waals surface area contributed by atoms with Crippen molar-refractivity contribution in [1.82, 2.24) is 19.9 Å². The van der Waals surface area contributed by atoms with Crippen molar-refractivity contribution in [2.24, 2.45) is 10.7 Å². The first-order valence-corrected chi connectivity index (χ1v) is 18.1. The highest BCUT2D eigenvalue weighted by Crippen LogP contribution is 2.12. The number of aromatic nitrogens is 3. The third-order valence-corrected chi connectivity index (χ3v) is 7.43. The quantitative estimate of drug-likeness (QED) is 0.0825. The van der Waals surface area contributed by atoms with Gasteiger partial charge in [-0.1, -0.05) is 45.0 Å². The van der Waals surface area contributed by atoms with Crippen LogP contribution in [-0.4, -0.2) is 74.6 Å². The van der Waals surface area contributed by atoms with Crippen LogP contribution in [0.2, 0.25) is 0 Å². The fourth-order valence-corrected chi connectivity index (χ4v) is 4.40. The van der Waals surface area contributed by atoms with Gasteiger partial charge in [-0.15, -0.1) is 0 Å². The van der Waals surface area contributed by atoms with Gasteiger partial charge in [0.1, 0.15) is 17.5 Å². The van der Waals surface area contributed by atoms with Gasteiger partial charge in [0.05, 0.1) is 6.54 Å². The van der Waals surface area contributed by atoms with E-state index in [2.05, 4.69) is 66.9 Å². The Morgan fingerprint density at radius 2 is 0.964 bits per heavy atom. The summed E-state index contributed by atoms with van der Waals surface area (Å²) in [6, 6.07) is 17.9. The number of ketones is 1. The molecule has 0 unspecified atom stereocenters. The van der Waals surface area contributed by atoms with E-state index in [9.17, 15) is 24.0 Å². The number of anilines is 4. The van der Waals surface area contributed by atoms with E-state index in [1.807, 2.05) is 43.3 Å². The summed E-state index contributed by atoms with van der Waals surface area (Å²) < 4.78 is 0. The third kappa shape index (κ3) is 20.9. The summed E-state index contributed by atoms with van der Waals surface area (Å²) >= 11 is 0. The van der Waals surface area contributed by atoms with Crippen LogP contribution in [0.3, 0.4) is 0 Å². The minimum absolute atomic E-state index is 0.0399. The second-order valence-corrected chi connectivity index (χ2v) is 12.1. The number of aliphatic imine (C=N–C) groups is 1. The smallest absolute Gasteiger partial charge is 0.222 e. The second-order valence-electron chi connectivity index (χ2n) is 12.1. The Bertz CT molecular complexity index is 1840. The molecule has 3 heterocycles. The maximum absolute atomic E-state index is 11.0. The fraction of sp³-hybridized carbons (Fsp3) is 0.341. The van der Waals surface area contributed by atoms with Gasteiger partial charge in [-0.3, -0.25) is 29.0 Å². The van der Waals surface area contributed by atoms with Crippen molar-refractivity contribution in [3.05, 3.63) is 102 Å². The number of hydrogen-bond acceptors (Lipinski definition) is 11. The van der Waals surface area contributed by atoms with E-state index in [0.717, 1.165) is 28.1 Å². The van der Waals surface area contributed by atoms with Crippen LogP contribution in [0, 0.1) is 0 Å². The number of hydrogen-bond donors (Lipinski definition) is 5. The number of nitrogens with two attached hydrogens (primary N) is 1. The number of amides is 4. The fourth-order valence-electron chi connectivity index (χ4n) is 4.40. The summed E-state index contributed by atoms with van der Waals surface area (Å²) in [4.78, 5) is 73.0. The van der Waals surface area contributed by atoms with Gasteiger partial charge in [0.25, 0.3) is 0 Å². The molecule has 0 radical (unpaired) electrons. The number of nitrogens with one attached hydrogen (secondary N) is 4. The van der Waals surface area contributed by atoms with E-state index in [4.69, 9.17) is 5.73 Å². The van der Waals surface area contributed by atoms with Gasteiger partial charge in [0.15, 0.2) is 5.78 Å². The molecular weight excluding hydrogens is 713 g/mol. The molecule has 0 saturated heterocycles. The van der Waals surface area contributed by atoms with Crippen molar-refractivity contribution >= 4 is 58.3 Å². The lowest BCUT2D eigenvalue weighted by Gasteiger charge is -2.13. The molecule has 0 aliphatic heterocycles. The molecule has 15 heteroatoms. The first kappa shape index (κ1) is 47.8. The Morgan fingerprint density at radius 3 is 1.29 bits per heavy atom. The molecule has 0 bridgehead atoms. The highest BCUT2D eigenvalue weighted by molar-refractivity contribution is 5.99. The van der Waals surface area contributed by atoms with Crippen LogP contribution < -0.4 is 27.0 Å². The third-order valence-electron chi connectivity index (χ3n) is 7.43. The van der Waals surface area contributed by atoms with Gasteiger partial charge in [-0.25, -0.2) is 15.0 Å². The van der Waals surface area contributed by atoms with Gasteiger partial charge in [0.2, 0.25) is 23.6 Å². The second kappa shape index (κ2) is 26.6. The average Bonchev–Trinajstić information content (AvgIpc) is 3.16. The molecule has 4 aromatic rings. The van der Waals surface area contributed by atoms with Crippen molar-refractivity contribution in [1.29, 1.82) is 0 Å². The summed E-state index contributed by atoms with van der Waals surface area (Å²) in [5.74, 6) is 0.959. The zero-order valence-corrected chi connectivity index (χ0v) is 33.9. The zero-order chi connectivity index (χ0) is 42.0. The molecule has 3 aromatic heterocycles.